The lowest BCUT2D eigenvalue weighted by Gasteiger charge is -2.06. The van der Waals surface area contributed by atoms with E-state index in [0.717, 1.165) is 16.9 Å². The van der Waals surface area contributed by atoms with Gasteiger partial charge in [-0.1, -0.05) is 5.16 Å². The van der Waals surface area contributed by atoms with Crippen molar-refractivity contribution in [1.82, 2.24) is 25.8 Å². The summed E-state index contributed by atoms with van der Waals surface area (Å²) in [5, 5.41) is 9.53. The molecule has 0 unspecified atom stereocenters. The number of hydrogen-bond acceptors (Lipinski definition) is 7. The van der Waals surface area contributed by atoms with E-state index in [0.29, 0.717) is 44.1 Å². The van der Waals surface area contributed by atoms with Gasteiger partial charge >= 0.3 is 0 Å². The predicted octanol–water partition coefficient (Wildman–Crippen LogP) is 2.29. The number of rotatable bonds is 11. The molecule has 2 amide bonds. The molecule has 2 N–H and O–H groups in total. The smallest absolute Gasteiger partial charge is 0.226 e. The minimum atomic E-state index is -0.117. The van der Waals surface area contributed by atoms with Gasteiger partial charge in [0, 0.05) is 50.3 Å². The fourth-order valence-electron chi connectivity index (χ4n) is 2.81. The summed E-state index contributed by atoms with van der Waals surface area (Å²) in [6.07, 6.45) is 4.98. The van der Waals surface area contributed by atoms with E-state index < -0.39 is 0 Å². The Labute approximate surface area is 180 Å². The van der Waals surface area contributed by atoms with Crippen LogP contribution in [0.15, 0.2) is 53.3 Å². The van der Waals surface area contributed by atoms with E-state index in [1.54, 1.807) is 19.5 Å². The number of aromatic nitrogens is 3. The van der Waals surface area contributed by atoms with E-state index >= 15 is 0 Å². The highest BCUT2D eigenvalue weighted by Crippen LogP contribution is 2.20. The van der Waals surface area contributed by atoms with Gasteiger partial charge in [-0.2, -0.15) is 4.98 Å². The second-order valence-electron chi connectivity index (χ2n) is 6.83. The maximum Gasteiger partial charge on any atom is 0.226 e. The molecule has 9 nitrogen and oxygen atoms in total. The second kappa shape index (κ2) is 11.4. The van der Waals surface area contributed by atoms with Crippen LogP contribution in [0.1, 0.15) is 30.7 Å². The molecule has 3 rings (SSSR count). The third-order valence-corrected chi connectivity index (χ3v) is 4.52. The fourth-order valence-corrected chi connectivity index (χ4v) is 2.81. The molecule has 0 spiro atoms. The second-order valence-corrected chi connectivity index (χ2v) is 6.83. The number of nitrogens with one attached hydrogen (secondary N) is 2. The normalized spacial score (nSPS) is 10.5. The van der Waals surface area contributed by atoms with Gasteiger partial charge in [0.05, 0.1) is 7.11 Å². The minimum Gasteiger partial charge on any atom is -0.497 e. The summed E-state index contributed by atoms with van der Waals surface area (Å²) in [5.74, 6) is 1.50. The molecule has 0 aliphatic heterocycles. The van der Waals surface area contributed by atoms with Crippen LogP contribution in [0.2, 0.25) is 0 Å². The highest BCUT2D eigenvalue weighted by molar-refractivity contribution is 5.78. The van der Waals surface area contributed by atoms with E-state index in [1.165, 1.54) is 0 Å². The van der Waals surface area contributed by atoms with Crippen molar-refractivity contribution >= 4 is 11.8 Å². The lowest BCUT2D eigenvalue weighted by molar-refractivity contribution is -0.122. The van der Waals surface area contributed by atoms with Gasteiger partial charge in [-0.3, -0.25) is 14.6 Å². The lowest BCUT2D eigenvalue weighted by Crippen LogP contribution is -2.30. The van der Waals surface area contributed by atoms with Gasteiger partial charge in [0.25, 0.3) is 0 Å². The number of ether oxygens (including phenoxy) is 1. The molecule has 0 aliphatic rings. The Morgan fingerprint density at radius 1 is 1.00 bits per heavy atom. The minimum absolute atomic E-state index is 0.114. The average Bonchev–Trinajstić information content (AvgIpc) is 3.27. The Morgan fingerprint density at radius 3 is 2.48 bits per heavy atom. The van der Waals surface area contributed by atoms with Crippen molar-refractivity contribution < 1.29 is 18.8 Å². The molecule has 1 aromatic carbocycles. The number of methoxy groups -OCH3 is 1. The molecule has 0 bridgehead atoms. The Balaban J connectivity index is 1.30. The van der Waals surface area contributed by atoms with E-state index in [1.807, 2.05) is 36.4 Å². The molecule has 0 aliphatic carbocycles. The molecule has 2 heterocycles. The molecule has 3 aromatic rings. The quantitative estimate of drug-likeness (QED) is 0.486. The summed E-state index contributed by atoms with van der Waals surface area (Å²) in [7, 11) is 1.61. The van der Waals surface area contributed by atoms with Crippen LogP contribution in [-0.2, 0) is 22.6 Å². The van der Waals surface area contributed by atoms with Crippen LogP contribution in [0.25, 0.3) is 11.4 Å². The first-order valence-corrected chi connectivity index (χ1v) is 10.0. The molecular weight excluding hydrogens is 398 g/mol. The Morgan fingerprint density at radius 2 is 1.74 bits per heavy atom. The van der Waals surface area contributed by atoms with E-state index in [9.17, 15) is 9.59 Å². The number of nitrogens with zero attached hydrogens (tertiary/aromatic N) is 3. The van der Waals surface area contributed by atoms with Crippen molar-refractivity contribution in [2.24, 2.45) is 0 Å². The van der Waals surface area contributed by atoms with Crippen LogP contribution in [-0.4, -0.2) is 40.6 Å². The van der Waals surface area contributed by atoms with Crippen molar-refractivity contribution in [3.05, 3.63) is 60.2 Å². The Hall–Kier alpha value is -3.75. The van der Waals surface area contributed by atoms with Crippen LogP contribution >= 0.6 is 0 Å². The fraction of sp³-hybridized carbons (Fsp3) is 0.318. The maximum atomic E-state index is 12.0. The number of carbonyl (C=O) groups is 2. The largest absolute Gasteiger partial charge is 0.497 e. The molecule has 0 fully saturated rings. The number of hydrogen-bond donors (Lipinski definition) is 2. The molecule has 2 aromatic heterocycles. The summed E-state index contributed by atoms with van der Waals surface area (Å²) in [6, 6.07) is 11.0. The summed E-state index contributed by atoms with van der Waals surface area (Å²) in [5.41, 5.74) is 1.80. The van der Waals surface area contributed by atoms with Crippen molar-refractivity contribution in [3.8, 4) is 17.1 Å². The van der Waals surface area contributed by atoms with Crippen LogP contribution in [0.3, 0.4) is 0 Å². The first-order chi connectivity index (χ1) is 15.1. The monoisotopic (exact) mass is 423 g/mol. The van der Waals surface area contributed by atoms with Crippen molar-refractivity contribution in [2.75, 3.05) is 13.7 Å². The van der Waals surface area contributed by atoms with Crippen LogP contribution in [0.4, 0.5) is 0 Å². The van der Waals surface area contributed by atoms with Gasteiger partial charge in [-0.25, -0.2) is 0 Å². The van der Waals surface area contributed by atoms with Crippen molar-refractivity contribution in [3.63, 3.8) is 0 Å². The molecule has 0 saturated carbocycles. The van der Waals surface area contributed by atoms with Gasteiger partial charge in [0.15, 0.2) is 0 Å². The third-order valence-electron chi connectivity index (χ3n) is 4.52. The van der Waals surface area contributed by atoms with Gasteiger partial charge in [0.1, 0.15) is 5.75 Å². The van der Waals surface area contributed by atoms with Crippen LogP contribution < -0.4 is 15.4 Å². The van der Waals surface area contributed by atoms with Gasteiger partial charge in [0.2, 0.25) is 23.5 Å². The van der Waals surface area contributed by atoms with Crippen LogP contribution in [0.5, 0.6) is 5.75 Å². The number of amides is 2. The van der Waals surface area contributed by atoms with Gasteiger partial charge in [-0.05, 0) is 48.4 Å². The van der Waals surface area contributed by atoms with E-state index in [-0.39, 0.29) is 18.2 Å². The molecule has 162 valence electrons. The summed E-state index contributed by atoms with van der Waals surface area (Å²) in [4.78, 5) is 32.1. The number of aryl methyl sites for hydroxylation is 1. The number of pyridine rings is 1. The zero-order valence-electron chi connectivity index (χ0n) is 17.3. The molecule has 0 radical (unpaired) electrons. The predicted molar refractivity (Wildman–Crippen MR) is 113 cm³/mol. The molecule has 0 atom stereocenters. The van der Waals surface area contributed by atoms with E-state index in [2.05, 4.69) is 25.8 Å². The number of carbonyl (C=O) groups excluding carboxylic acids is 2. The maximum absolute atomic E-state index is 12.0. The molecular formula is C22H25N5O4. The lowest BCUT2D eigenvalue weighted by atomic mass is 10.2. The average molecular weight is 423 g/mol. The first kappa shape index (κ1) is 21.9. The molecule has 31 heavy (non-hydrogen) atoms. The summed E-state index contributed by atoms with van der Waals surface area (Å²) >= 11 is 0. The highest BCUT2D eigenvalue weighted by Gasteiger charge is 2.10. The van der Waals surface area contributed by atoms with Crippen molar-refractivity contribution in [2.45, 2.75) is 32.2 Å². The van der Waals surface area contributed by atoms with Gasteiger partial charge < -0.3 is 19.9 Å². The molecule has 0 saturated heterocycles. The van der Waals surface area contributed by atoms with Crippen LogP contribution in [0, 0.1) is 0 Å². The zero-order valence-corrected chi connectivity index (χ0v) is 17.3. The highest BCUT2D eigenvalue weighted by atomic mass is 16.5. The first-order valence-electron chi connectivity index (χ1n) is 10.0. The topological polar surface area (TPSA) is 119 Å². The molecule has 9 heteroatoms. The third kappa shape index (κ3) is 7.22. The Bertz CT molecular complexity index is 973. The van der Waals surface area contributed by atoms with E-state index in [4.69, 9.17) is 9.26 Å². The number of benzene rings is 1. The summed E-state index contributed by atoms with van der Waals surface area (Å²) in [6.45, 7) is 0.737. The SMILES string of the molecule is COc1ccc(-c2noc(CCCC(=O)NCCC(=O)NCc3ccncc3)n2)cc1. The Kier molecular flexibility index (Phi) is 8.10. The standard InChI is InChI=1S/C22H25N5O4/c1-30-18-7-5-17(6-8-18)22-26-21(31-27-22)4-2-3-19(28)24-14-11-20(29)25-15-16-9-12-23-13-10-16/h5-10,12-13H,2-4,11,14-15H2,1H3,(H,24,28)(H,25,29). The van der Waals surface area contributed by atoms with Crippen molar-refractivity contribution in [1.29, 1.82) is 0 Å². The van der Waals surface area contributed by atoms with Gasteiger partial charge in [-0.15, -0.1) is 0 Å². The zero-order chi connectivity index (χ0) is 21.9. The summed E-state index contributed by atoms with van der Waals surface area (Å²) < 4.78 is 10.4.